The van der Waals surface area contributed by atoms with E-state index in [0.717, 1.165) is 44.3 Å². The van der Waals surface area contributed by atoms with Crippen LogP contribution in [0.25, 0.3) is 0 Å². The average molecular weight is 469 g/mol. The Morgan fingerprint density at radius 2 is 1.88 bits per heavy atom. The summed E-state index contributed by atoms with van der Waals surface area (Å²) >= 11 is 0. The molecule has 2 unspecified atom stereocenters. The summed E-state index contributed by atoms with van der Waals surface area (Å²) in [5.74, 6) is -0.405. The van der Waals surface area contributed by atoms with Crippen LogP contribution in [0.5, 0.6) is 5.75 Å². The van der Waals surface area contributed by atoms with Crippen LogP contribution < -0.4 is 4.74 Å². The standard InChI is InChI=1S/C28H37NO5/c1-21(2)29(28(32)23-16-14-22(15-17-23)25-12-7-9-19-33-25)20-24-10-5-6-11-26(24)34-18-8-3-4-13-27(30)31/h5-6,10-11,14-17,21,25H,3-4,7-9,12-13,18-20H2,1-2H3,(H,30,31)/i20D. The molecule has 1 N–H and O–H groups in total. The zero-order chi connectivity index (χ0) is 25.2. The Morgan fingerprint density at radius 1 is 1.12 bits per heavy atom. The van der Waals surface area contributed by atoms with Gasteiger partial charge in [0.2, 0.25) is 0 Å². The van der Waals surface area contributed by atoms with Gasteiger partial charge in [0.15, 0.2) is 0 Å². The minimum atomic E-state index is -0.924. The van der Waals surface area contributed by atoms with Gasteiger partial charge in [-0.25, -0.2) is 0 Å². The Kier molecular flexibility index (Phi) is 9.38. The quantitative estimate of drug-likeness (QED) is 0.387. The molecule has 2 aromatic rings. The largest absolute Gasteiger partial charge is 0.493 e. The molecular formula is C28H37NO5. The molecule has 0 aromatic heterocycles. The number of amides is 1. The number of carboxylic acids is 1. The minimum absolute atomic E-state index is 0.0891. The molecule has 2 aromatic carbocycles. The van der Waals surface area contributed by atoms with E-state index in [1.807, 2.05) is 62.4 Å². The molecule has 1 amide bonds. The molecule has 0 aliphatic carbocycles. The number of carboxylic acid groups (broad SMARTS) is 1. The summed E-state index contributed by atoms with van der Waals surface area (Å²) in [6, 6.07) is 14.7. The Labute approximate surface area is 204 Å². The van der Waals surface area contributed by atoms with Crippen molar-refractivity contribution in [2.75, 3.05) is 13.2 Å². The van der Waals surface area contributed by atoms with Gasteiger partial charge in [0.25, 0.3) is 5.91 Å². The minimum Gasteiger partial charge on any atom is -0.493 e. The van der Waals surface area contributed by atoms with Gasteiger partial charge in [-0.05, 0) is 76.1 Å². The monoisotopic (exact) mass is 468 g/mol. The second-order valence-electron chi connectivity index (χ2n) is 9.00. The summed E-state index contributed by atoms with van der Waals surface area (Å²) in [6.07, 6.45) is 5.59. The van der Waals surface area contributed by atoms with Crippen molar-refractivity contribution in [3.8, 4) is 5.75 Å². The highest BCUT2D eigenvalue weighted by Crippen LogP contribution is 2.28. The van der Waals surface area contributed by atoms with Crippen LogP contribution in [0.2, 0.25) is 0 Å². The number of benzene rings is 2. The molecule has 6 nitrogen and oxygen atoms in total. The van der Waals surface area contributed by atoms with E-state index in [9.17, 15) is 9.59 Å². The topological polar surface area (TPSA) is 76.1 Å². The van der Waals surface area contributed by atoms with Gasteiger partial charge < -0.3 is 19.5 Å². The maximum atomic E-state index is 13.5. The van der Waals surface area contributed by atoms with Crippen LogP contribution in [-0.4, -0.2) is 41.1 Å². The van der Waals surface area contributed by atoms with E-state index in [1.54, 1.807) is 4.90 Å². The third kappa shape index (κ3) is 7.59. The highest BCUT2D eigenvalue weighted by atomic mass is 16.5. The number of carbonyl (C=O) groups excluding carboxylic acids is 1. The second kappa shape index (κ2) is 13.1. The number of nitrogens with zero attached hydrogens (tertiary/aromatic N) is 1. The molecule has 6 heteroatoms. The van der Waals surface area contributed by atoms with Gasteiger partial charge >= 0.3 is 5.97 Å². The predicted molar refractivity (Wildman–Crippen MR) is 132 cm³/mol. The van der Waals surface area contributed by atoms with Gasteiger partial charge in [0, 0.05) is 36.7 Å². The molecule has 1 aliphatic heterocycles. The summed E-state index contributed by atoms with van der Waals surface area (Å²) < 4.78 is 20.8. The maximum Gasteiger partial charge on any atom is 0.303 e. The number of hydrogen-bond acceptors (Lipinski definition) is 4. The summed E-state index contributed by atoms with van der Waals surface area (Å²) in [5, 5.41) is 8.75. The van der Waals surface area contributed by atoms with Crippen molar-refractivity contribution in [2.24, 2.45) is 0 Å². The van der Waals surface area contributed by atoms with E-state index >= 15 is 0 Å². The normalized spacial score (nSPS) is 17.1. The molecule has 0 radical (unpaired) electrons. The summed E-state index contributed by atoms with van der Waals surface area (Å²) in [4.78, 5) is 25.7. The van der Waals surface area contributed by atoms with E-state index in [4.69, 9.17) is 16.0 Å². The zero-order valence-electron chi connectivity index (χ0n) is 21.2. The number of para-hydroxylation sites is 1. The van der Waals surface area contributed by atoms with Crippen molar-refractivity contribution in [3.63, 3.8) is 0 Å². The van der Waals surface area contributed by atoms with Crippen LogP contribution in [0.1, 0.15) is 87.8 Å². The van der Waals surface area contributed by atoms with Gasteiger partial charge in [0.1, 0.15) is 5.75 Å². The number of hydrogen-bond donors (Lipinski definition) is 1. The van der Waals surface area contributed by atoms with Crippen molar-refractivity contribution in [3.05, 3.63) is 65.2 Å². The molecule has 34 heavy (non-hydrogen) atoms. The van der Waals surface area contributed by atoms with Crippen molar-refractivity contribution in [1.82, 2.24) is 4.90 Å². The van der Waals surface area contributed by atoms with Crippen LogP contribution >= 0.6 is 0 Å². The fraction of sp³-hybridized carbons (Fsp3) is 0.500. The molecule has 0 saturated carbocycles. The summed E-state index contributed by atoms with van der Waals surface area (Å²) in [6.45, 7) is 4.11. The molecular weight excluding hydrogens is 430 g/mol. The average Bonchev–Trinajstić information content (AvgIpc) is 2.86. The van der Waals surface area contributed by atoms with Crippen LogP contribution in [0.15, 0.2) is 48.5 Å². The first kappa shape index (κ1) is 24.3. The van der Waals surface area contributed by atoms with Crippen LogP contribution in [0.3, 0.4) is 0 Å². The van der Waals surface area contributed by atoms with E-state index in [-0.39, 0.29) is 24.5 Å². The first-order valence-electron chi connectivity index (χ1n) is 12.9. The molecule has 1 heterocycles. The molecule has 1 saturated heterocycles. The fourth-order valence-corrected chi connectivity index (χ4v) is 4.04. The van der Waals surface area contributed by atoms with Crippen LogP contribution in [-0.2, 0) is 16.1 Å². The number of ether oxygens (including phenoxy) is 2. The molecule has 0 bridgehead atoms. The van der Waals surface area contributed by atoms with Crippen LogP contribution in [0, 0.1) is 0 Å². The predicted octanol–water partition coefficient (Wildman–Crippen LogP) is 6.00. The summed E-state index contributed by atoms with van der Waals surface area (Å²) in [5.41, 5.74) is 2.27. The summed E-state index contributed by atoms with van der Waals surface area (Å²) in [7, 11) is 0. The molecule has 1 fully saturated rings. The number of aliphatic carboxylic acids is 1. The Balaban J connectivity index is 1.68. The van der Waals surface area contributed by atoms with Gasteiger partial charge in [-0.3, -0.25) is 9.59 Å². The fourth-order valence-electron chi connectivity index (χ4n) is 4.04. The number of rotatable bonds is 12. The van der Waals surface area contributed by atoms with Crippen molar-refractivity contribution in [1.29, 1.82) is 0 Å². The van der Waals surface area contributed by atoms with E-state index in [0.29, 0.717) is 29.9 Å². The van der Waals surface area contributed by atoms with E-state index in [2.05, 4.69) is 0 Å². The number of carbonyl (C=O) groups is 2. The Hall–Kier alpha value is -2.86. The van der Waals surface area contributed by atoms with Gasteiger partial charge in [-0.1, -0.05) is 30.3 Å². The third-order valence-corrected chi connectivity index (χ3v) is 5.99. The molecule has 0 spiro atoms. The molecule has 184 valence electrons. The van der Waals surface area contributed by atoms with Gasteiger partial charge in [0.05, 0.1) is 14.1 Å². The lowest BCUT2D eigenvalue weighted by Crippen LogP contribution is -2.36. The third-order valence-electron chi connectivity index (χ3n) is 5.99. The highest BCUT2D eigenvalue weighted by Gasteiger charge is 2.22. The number of unbranched alkanes of at least 4 members (excludes halogenated alkanes) is 2. The first-order valence-corrected chi connectivity index (χ1v) is 12.3. The zero-order valence-corrected chi connectivity index (χ0v) is 20.2. The van der Waals surface area contributed by atoms with Gasteiger partial charge in [-0.2, -0.15) is 0 Å². The van der Waals surface area contributed by atoms with E-state index < -0.39 is 12.5 Å². The van der Waals surface area contributed by atoms with Crippen molar-refractivity contribution in [2.45, 2.75) is 77.5 Å². The lowest BCUT2D eigenvalue weighted by Gasteiger charge is -2.28. The van der Waals surface area contributed by atoms with Crippen molar-refractivity contribution < 1.29 is 25.5 Å². The highest BCUT2D eigenvalue weighted by molar-refractivity contribution is 5.94. The van der Waals surface area contributed by atoms with Crippen molar-refractivity contribution >= 4 is 11.9 Å². The first-order chi connectivity index (χ1) is 16.9. The molecule has 2 atom stereocenters. The second-order valence-corrected chi connectivity index (χ2v) is 9.00. The Morgan fingerprint density at radius 3 is 2.56 bits per heavy atom. The van der Waals surface area contributed by atoms with Gasteiger partial charge in [-0.15, -0.1) is 0 Å². The smallest absolute Gasteiger partial charge is 0.303 e. The maximum absolute atomic E-state index is 13.5. The van der Waals surface area contributed by atoms with Crippen LogP contribution in [0.4, 0.5) is 0 Å². The van der Waals surface area contributed by atoms with E-state index in [1.165, 1.54) is 0 Å². The lowest BCUT2D eigenvalue weighted by atomic mass is 10.00. The lowest BCUT2D eigenvalue weighted by molar-refractivity contribution is -0.137. The molecule has 3 rings (SSSR count). The SMILES string of the molecule is [2H]C(c1ccccc1OCCCCCC(=O)O)N(C(=O)c1ccc(C2CCCCO2)cc1)C(C)C. The Bertz CT molecular complexity index is 956. The molecule has 1 aliphatic rings.